The molecule has 3 nitrogen and oxygen atoms in total. The molecule has 0 fully saturated rings. The molecule has 0 saturated heterocycles. The quantitative estimate of drug-likeness (QED) is 0.927. The largest absolute Gasteiger partial charge is 0.366 e. The first kappa shape index (κ1) is 14.5. The maximum absolute atomic E-state index is 5.99. The third-order valence-electron chi connectivity index (χ3n) is 3.62. The zero-order valence-corrected chi connectivity index (χ0v) is 12.7. The fourth-order valence-electron chi connectivity index (χ4n) is 2.53. The van der Waals surface area contributed by atoms with Gasteiger partial charge in [-0.25, -0.2) is 0 Å². The van der Waals surface area contributed by atoms with Gasteiger partial charge in [-0.2, -0.15) is 0 Å². The number of benzene rings is 1. The molecule has 3 heteroatoms. The smallest absolute Gasteiger partial charge is 0.0676 e. The number of rotatable bonds is 4. The molecule has 1 unspecified atom stereocenters. The van der Waals surface area contributed by atoms with Crippen molar-refractivity contribution in [2.75, 3.05) is 18.5 Å². The summed E-state index contributed by atoms with van der Waals surface area (Å²) in [6.07, 6.45) is 1.92. The first-order valence-corrected chi connectivity index (χ1v) is 6.95. The van der Waals surface area contributed by atoms with Crippen LogP contribution in [0.5, 0.6) is 0 Å². The second-order valence-electron chi connectivity index (χ2n) is 5.44. The van der Waals surface area contributed by atoms with Crippen molar-refractivity contribution in [3.05, 3.63) is 58.9 Å². The molecule has 1 heterocycles. The maximum Gasteiger partial charge on any atom is 0.0676 e. The van der Waals surface area contributed by atoms with E-state index in [-0.39, 0.29) is 6.04 Å². The van der Waals surface area contributed by atoms with Crippen LogP contribution in [0.4, 0.5) is 5.69 Å². The monoisotopic (exact) mass is 269 g/mol. The van der Waals surface area contributed by atoms with Crippen molar-refractivity contribution in [1.82, 2.24) is 4.98 Å². The van der Waals surface area contributed by atoms with E-state index in [0.717, 1.165) is 11.3 Å². The lowest BCUT2D eigenvalue weighted by Crippen LogP contribution is -2.30. The molecule has 106 valence electrons. The van der Waals surface area contributed by atoms with Crippen LogP contribution in [0.15, 0.2) is 36.5 Å². The van der Waals surface area contributed by atoms with Crippen molar-refractivity contribution in [1.29, 1.82) is 0 Å². The summed E-state index contributed by atoms with van der Waals surface area (Å²) in [4.78, 5) is 6.61. The van der Waals surface area contributed by atoms with Crippen LogP contribution in [0.3, 0.4) is 0 Å². The molecule has 0 radical (unpaired) electrons. The number of nitrogens with zero attached hydrogens (tertiary/aromatic N) is 2. The van der Waals surface area contributed by atoms with Gasteiger partial charge in [-0.3, -0.25) is 4.98 Å². The van der Waals surface area contributed by atoms with E-state index in [4.69, 9.17) is 5.73 Å². The van der Waals surface area contributed by atoms with Crippen molar-refractivity contribution in [3.8, 4) is 0 Å². The van der Waals surface area contributed by atoms with Crippen LogP contribution in [0.1, 0.15) is 28.4 Å². The predicted octanol–water partition coefficient (Wildman–Crippen LogP) is 3.14. The third kappa shape index (κ3) is 3.17. The molecular formula is C17H23N3. The summed E-state index contributed by atoms with van der Waals surface area (Å²) in [6.45, 7) is 6.80. The normalized spacial score (nSPS) is 12.2. The van der Waals surface area contributed by atoms with Crippen LogP contribution in [0.25, 0.3) is 0 Å². The Morgan fingerprint density at radius 2 is 1.75 bits per heavy atom. The number of hydrogen-bond donors (Lipinski definition) is 1. The summed E-state index contributed by atoms with van der Waals surface area (Å²) in [6, 6.07) is 10.9. The van der Waals surface area contributed by atoms with Crippen LogP contribution < -0.4 is 10.6 Å². The van der Waals surface area contributed by atoms with Crippen molar-refractivity contribution in [2.24, 2.45) is 5.73 Å². The minimum atomic E-state index is 0.143. The lowest BCUT2D eigenvalue weighted by Gasteiger charge is -2.30. The number of anilines is 1. The van der Waals surface area contributed by atoms with Gasteiger partial charge in [0, 0.05) is 31.2 Å². The summed E-state index contributed by atoms with van der Waals surface area (Å²) in [7, 11) is 2.09. The molecule has 1 aromatic carbocycles. The standard InChI is InChI=1S/C17H23N3/c1-12-7-13(2)9-16(8-12)20(4)17(10-18)15-6-5-14(3)19-11-15/h5-9,11,17H,10,18H2,1-4H3. The first-order valence-electron chi connectivity index (χ1n) is 6.95. The average molecular weight is 269 g/mol. The summed E-state index contributed by atoms with van der Waals surface area (Å²) < 4.78 is 0. The van der Waals surface area contributed by atoms with Crippen LogP contribution >= 0.6 is 0 Å². The van der Waals surface area contributed by atoms with Gasteiger partial charge in [-0.15, -0.1) is 0 Å². The molecule has 0 bridgehead atoms. The maximum atomic E-state index is 5.99. The number of hydrogen-bond acceptors (Lipinski definition) is 3. The van der Waals surface area contributed by atoms with Crippen LogP contribution in [0.2, 0.25) is 0 Å². The average Bonchev–Trinajstić information content (AvgIpc) is 2.40. The Morgan fingerprint density at radius 3 is 2.25 bits per heavy atom. The van der Waals surface area contributed by atoms with Crippen LogP contribution in [-0.4, -0.2) is 18.6 Å². The molecule has 1 atom stereocenters. The summed E-state index contributed by atoms with van der Waals surface area (Å²) in [5.74, 6) is 0. The molecule has 1 aromatic heterocycles. The molecule has 0 aliphatic rings. The number of likely N-dealkylation sites (N-methyl/N-ethyl adjacent to an activating group) is 1. The summed E-state index contributed by atoms with van der Waals surface area (Å²) >= 11 is 0. The highest BCUT2D eigenvalue weighted by Crippen LogP contribution is 2.26. The Kier molecular flexibility index (Phi) is 4.40. The Balaban J connectivity index is 2.33. The molecule has 2 rings (SSSR count). The Labute approximate surface area is 121 Å². The Morgan fingerprint density at radius 1 is 1.10 bits per heavy atom. The van der Waals surface area contributed by atoms with Crippen molar-refractivity contribution >= 4 is 5.69 Å². The topological polar surface area (TPSA) is 42.1 Å². The SMILES string of the molecule is Cc1cc(C)cc(N(C)C(CN)c2ccc(C)nc2)c1. The number of pyridine rings is 1. The minimum absolute atomic E-state index is 0.143. The van der Waals surface area contributed by atoms with E-state index < -0.39 is 0 Å². The highest BCUT2D eigenvalue weighted by atomic mass is 15.1. The molecule has 0 spiro atoms. The molecule has 2 aromatic rings. The highest BCUT2D eigenvalue weighted by molar-refractivity contribution is 5.52. The van der Waals surface area contributed by atoms with Gasteiger partial charge in [-0.1, -0.05) is 12.1 Å². The predicted molar refractivity (Wildman–Crippen MR) is 85.1 cm³/mol. The second kappa shape index (κ2) is 6.06. The van der Waals surface area contributed by atoms with Gasteiger partial charge in [0.25, 0.3) is 0 Å². The van der Waals surface area contributed by atoms with Gasteiger partial charge in [0.15, 0.2) is 0 Å². The molecule has 0 amide bonds. The van der Waals surface area contributed by atoms with E-state index in [9.17, 15) is 0 Å². The third-order valence-corrected chi connectivity index (χ3v) is 3.62. The second-order valence-corrected chi connectivity index (χ2v) is 5.44. The van der Waals surface area contributed by atoms with E-state index >= 15 is 0 Å². The molecule has 0 aliphatic carbocycles. The first-order chi connectivity index (χ1) is 9.51. The highest BCUT2D eigenvalue weighted by Gasteiger charge is 2.16. The lowest BCUT2D eigenvalue weighted by atomic mass is 10.1. The van der Waals surface area contributed by atoms with E-state index in [1.165, 1.54) is 16.8 Å². The van der Waals surface area contributed by atoms with Crippen molar-refractivity contribution in [3.63, 3.8) is 0 Å². The fourth-order valence-corrected chi connectivity index (χ4v) is 2.53. The van der Waals surface area contributed by atoms with Crippen molar-refractivity contribution in [2.45, 2.75) is 26.8 Å². The van der Waals surface area contributed by atoms with E-state index in [1.54, 1.807) is 0 Å². The number of aryl methyl sites for hydroxylation is 3. The Bertz CT molecular complexity index is 555. The Hall–Kier alpha value is -1.87. The zero-order chi connectivity index (χ0) is 14.7. The van der Waals surface area contributed by atoms with Gasteiger partial charge in [-0.05, 0) is 55.7 Å². The van der Waals surface area contributed by atoms with Crippen molar-refractivity contribution < 1.29 is 0 Å². The van der Waals surface area contributed by atoms with Gasteiger partial charge in [0.2, 0.25) is 0 Å². The van der Waals surface area contributed by atoms with E-state index in [2.05, 4.69) is 55.0 Å². The lowest BCUT2D eigenvalue weighted by molar-refractivity contribution is 0.677. The molecular weight excluding hydrogens is 246 g/mol. The van der Waals surface area contributed by atoms with Gasteiger partial charge in [0.05, 0.1) is 6.04 Å². The van der Waals surface area contributed by atoms with Gasteiger partial charge >= 0.3 is 0 Å². The molecule has 20 heavy (non-hydrogen) atoms. The summed E-state index contributed by atoms with van der Waals surface area (Å²) in [5, 5.41) is 0. The van der Waals surface area contributed by atoms with Crippen LogP contribution in [0, 0.1) is 20.8 Å². The molecule has 2 N–H and O–H groups in total. The van der Waals surface area contributed by atoms with E-state index in [0.29, 0.717) is 6.54 Å². The zero-order valence-electron chi connectivity index (χ0n) is 12.7. The molecule has 0 aliphatic heterocycles. The summed E-state index contributed by atoms with van der Waals surface area (Å²) in [5.41, 5.74) is 11.9. The van der Waals surface area contributed by atoms with E-state index in [1.807, 2.05) is 19.2 Å². The molecule has 0 saturated carbocycles. The minimum Gasteiger partial charge on any atom is -0.366 e. The van der Waals surface area contributed by atoms with Crippen LogP contribution in [-0.2, 0) is 0 Å². The number of nitrogens with two attached hydrogens (primary N) is 1. The fraction of sp³-hybridized carbons (Fsp3) is 0.353. The van der Waals surface area contributed by atoms with Gasteiger partial charge in [0.1, 0.15) is 0 Å². The number of aromatic nitrogens is 1. The van der Waals surface area contributed by atoms with Gasteiger partial charge < -0.3 is 10.6 Å².